The minimum Gasteiger partial charge on any atom is -0.464 e. The molecular formula is C11H12N2O2. The SMILES string of the molecule is COC(=O)c1c2c(C)cccc2nn1C. The third kappa shape index (κ3) is 1.38. The lowest BCUT2D eigenvalue weighted by Gasteiger charge is -2.01. The molecule has 0 saturated heterocycles. The first-order chi connectivity index (χ1) is 7.15. The zero-order valence-corrected chi connectivity index (χ0v) is 8.94. The highest BCUT2D eigenvalue weighted by molar-refractivity contribution is 6.03. The average Bonchev–Trinajstić information content (AvgIpc) is 2.55. The molecule has 4 heteroatoms. The van der Waals surface area contributed by atoms with E-state index in [1.807, 2.05) is 25.1 Å². The van der Waals surface area contributed by atoms with Crippen molar-refractivity contribution >= 4 is 16.9 Å². The van der Waals surface area contributed by atoms with Crippen LogP contribution in [0.5, 0.6) is 0 Å². The molecule has 2 aromatic rings. The number of nitrogens with zero attached hydrogens (tertiary/aromatic N) is 2. The van der Waals surface area contributed by atoms with Crippen LogP contribution in [-0.4, -0.2) is 22.9 Å². The van der Waals surface area contributed by atoms with Crippen molar-refractivity contribution in [1.82, 2.24) is 9.78 Å². The molecule has 0 spiro atoms. The van der Waals surface area contributed by atoms with E-state index < -0.39 is 0 Å². The Morgan fingerprint density at radius 2 is 2.20 bits per heavy atom. The molecule has 78 valence electrons. The van der Waals surface area contributed by atoms with Gasteiger partial charge in [-0.15, -0.1) is 0 Å². The van der Waals surface area contributed by atoms with Crippen molar-refractivity contribution in [2.45, 2.75) is 6.92 Å². The van der Waals surface area contributed by atoms with E-state index in [0.717, 1.165) is 16.5 Å². The van der Waals surface area contributed by atoms with Crippen molar-refractivity contribution in [2.24, 2.45) is 7.05 Å². The van der Waals surface area contributed by atoms with Crippen molar-refractivity contribution in [3.05, 3.63) is 29.5 Å². The third-order valence-corrected chi connectivity index (χ3v) is 2.45. The standard InChI is InChI=1S/C11H12N2O2/c1-7-5-4-6-8-9(7)10(11(14)15-3)13(2)12-8/h4-6H,1-3H3. The second-order valence-corrected chi connectivity index (χ2v) is 3.43. The zero-order valence-electron chi connectivity index (χ0n) is 8.94. The summed E-state index contributed by atoms with van der Waals surface area (Å²) in [5.41, 5.74) is 2.35. The van der Waals surface area contributed by atoms with Gasteiger partial charge < -0.3 is 4.74 Å². The maximum atomic E-state index is 11.6. The Kier molecular flexibility index (Phi) is 2.19. The Morgan fingerprint density at radius 3 is 2.87 bits per heavy atom. The number of carbonyl (C=O) groups is 1. The van der Waals surface area contributed by atoms with Gasteiger partial charge >= 0.3 is 5.97 Å². The summed E-state index contributed by atoms with van der Waals surface area (Å²) in [5.74, 6) is -0.353. The Morgan fingerprint density at radius 1 is 1.47 bits per heavy atom. The minimum absolute atomic E-state index is 0.353. The molecule has 0 unspecified atom stereocenters. The molecule has 4 nitrogen and oxygen atoms in total. The lowest BCUT2D eigenvalue weighted by atomic mass is 10.1. The van der Waals surface area contributed by atoms with Crippen molar-refractivity contribution in [2.75, 3.05) is 7.11 Å². The maximum Gasteiger partial charge on any atom is 0.356 e. The molecule has 15 heavy (non-hydrogen) atoms. The van der Waals surface area contributed by atoms with Crippen molar-refractivity contribution in [3.63, 3.8) is 0 Å². The Bertz CT molecular complexity index is 529. The molecule has 0 N–H and O–H groups in total. The quantitative estimate of drug-likeness (QED) is 0.664. The number of hydrogen-bond donors (Lipinski definition) is 0. The van der Waals surface area contributed by atoms with E-state index in [-0.39, 0.29) is 5.97 Å². The van der Waals surface area contributed by atoms with Crippen molar-refractivity contribution < 1.29 is 9.53 Å². The highest BCUT2D eigenvalue weighted by Gasteiger charge is 2.17. The largest absolute Gasteiger partial charge is 0.464 e. The first kappa shape index (κ1) is 9.71. The van der Waals surface area contributed by atoms with Gasteiger partial charge in [0.15, 0.2) is 5.69 Å². The summed E-state index contributed by atoms with van der Waals surface area (Å²) in [6.45, 7) is 1.95. The molecule has 0 aliphatic carbocycles. The molecule has 0 aliphatic rings. The van der Waals surface area contributed by atoms with Crippen LogP contribution in [0.4, 0.5) is 0 Å². The summed E-state index contributed by atoms with van der Waals surface area (Å²) in [6.07, 6.45) is 0. The number of fused-ring (bicyclic) bond motifs is 1. The Hall–Kier alpha value is -1.84. The summed E-state index contributed by atoms with van der Waals surface area (Å²) in [7, 11) is 3.12. The summed E-state index contributed by atoms with van der Waals surface area (Å²) < 4.78 is 6.30. The topological polar surface area (TPSA) is 44.1 Å². The van der Waals surface area contributed by atoms with E-state index in [1.165, 1.54) is 7.11 Å². The van der Waals surface area contributed by atoms with Gasteiger partial charge in [-0.2, -0.15) is 5.10 Å². The van der Waals surface area contributed by atoms with Crippen LogP contribution in [0.2, 0.25) is 0 Å². The van der Waals surface area contributed by atoms with E-state index in [2.05, 4.69) is 5.10 Å². The van der Waals surface area contributed by atoms with Crippen LogP contribution < -0.4 is 0 Å². The summed E-state index contributed by atoms with van der Waals surface area (Å²) in [5, 5.41) is 5.13. The van der Waals surface area contributed by atoms with E-state index in [1.54, 1.807) is 11.7 Å². The monoisotopic (exact) mass is 204 g/mol. The van der Waals surface area contributed by atoms with Crippen LogP contribution >= 0.6 is 0 Å². The fourth-order valence-electron chi connectivity index (χ4n) is 1.75. The number of rotatable bonds is 1. The fraction of sp³-hybridized carbons (Fsp3) is 0.273. The van der Waals surface area contributed by atoms with E-state index in [4.69, 9.17) is 4.74 Å². The van der Waals surface area contributed by atoms with E-state index >= 15 is 0 Å². The number of methoxy groups -OCH3 is 1. The van der Waals surface area contributed by atoms with Crippen molar-refractivity contribution in [1.29, 1.82) is 0 Å². The molecule has 0 saturated carbocycles. The summed E-state index contributed by atoms with van der Waals surface area (Å²) >= 11 is 0. The molecular weight excluding hydrogens is 192 g/mol. The van der Waals surface area contributed by atoms with Gasteiger partial charge in [0.05, 0.1) is 12.6 Å². The average molecular weight is 204 g/mol. The number of hydrogen-bond acceptors (Lipinski definition) is 3. The lowest BCUT2D eigenvalue weighted by molar-refractivity contribution is 0.0590. The van der Waals surface area contributed by atoms with Gasteiger partial charge in [-0.05, 0) is 18.6 Å². The molecule has 0 radical (unpaired) electrons. The van der Waals surface area contributed by atoms with Crippen LogP contribution in [-0.2, 0) is 11.8 Å². The molecule has 0 bridgehead atoms. The molecule has 1 heterocycles. The number of aromatic nitrogens is 2. The first-order valence-corrected chi connectivity index (χ1v) is 4.65. The van der Waals surface area contributed by atoms with Gasteiger partial charge in [0, 0.05) is 12.4 Å². The van der Waals surface area contributed by atoms with Crippen LogP contribution in [0.1, 0.15) is 16.1 Å². The third-order valence-electron chi connectivity index (χ3n) is 2.45. The van der Waals surface area contributed by atoms with Gasteiger partial charge in [-0.3, -0.25) is 4.68 Å². The first-order valence-electron chi connectivity index (χ1n) is 4.65. The predicted molar refractivity (Wildman–Crippen MR) is 56.8 cm³/mol. The molecule has 0 amide bonds. The smallest absolute Gasteiger partial charge is 0.356 e. The van der Waals surface area contributed by atoms with Crippen LogP contribution in [0.25, 0.3) is 10.9 Å². The van der Waals surface area contributed by atoms with Gasteiger partial charge in [0.2, 0.25) is 0 Å². The number of aryl methyl sites for hydroxylation is 2. The molecule has 0 aliphatic heterocycles. The normalized spacial score (nSPS) is 10.6. The number of carbonyl (C=O) groups excluding carboxylic acids is 1. The molecule has 0 fully saturated rings. The van der Waals surface area contributed by atoms with Crippen LogP contribution in [0.15, 0.2) is 18.2 Å². The number of ether oxygens (including phenoxy) is 1. The van der Waals surface area contributed by atoms with E-state index in [0.29, 0.717) is 5.69 Å². The van der Waals surface area contributed by atoms with Gasteiger partial charge in [0.1, 0.15) is 0 Å². The van der Waals surface area contributed by atoms with Crippen LogP contribution in [0, 0.1) is 6.92 Å². The van der Waals surface area contributed by atoms with Gasteiger partial charge in [0.25, 0.3) is 0 Å². The highest BCUT2D eigenvalue weighted by atomic mass is 16.5. The predicted octanol–water partition coefficient (Wildman–Crippen LogP) is 1.67. The molecule has 1 aromatic heterocycles. The zero-order chi connectivity index (χ0) is 11.0. The van der Waals surface area contributed by atoms with E-state index in [9.17, 15) is 4.79 Å². The highest BCUT2D eigenvalue weighted by Crippen LogP contribution is 2.22. The Balaban J connectivity index is 2.82. The molecule has 2 rings (SSSR count). The van der Waals surface area contributed by atoms with Crippen molar-refractivity contribution in [3.8, 4) is 0 Å². The maximum absolute atomic E-state index is 11.6. The number of benzene rings is 1. The minimum atomic E-state index is -0.353. The summed E-state index contributed by atoms with van der Waals surface area (Å²) in [4.78, 5) is 11.6. The van der Waals surface area contributed by atoms with Crippen LogP contribution in [0.3, 0.4) is 0 Å². The Labute approximate surface area is 87.5 Å². The van der Waals surface area contributed by atoms with Gasteiger partial charge in [-0.1, -0.05) is 12.1 Å². The second-order valence-electron chi connectivity index (χ2n) is 3.43. The molecule has 0 atom stereocenters. The molecule has 1 aromatic carbocycles. The fourth-order valence-corrected chi connectivity index (χ4v) is 1.75. The second kappa shape index (κ2) is 3.38. The number of esters is 1. The lowest BCUT2D eigenvalue weighted by Crippen LogP contribution is -2.08. The summed E-state index contributed by atoms with van der Waals surface area (Å²) in [6, 6.07) is 5.76. The van der Waals surface area contributed by atoms with Gasteiger partial charge in [-0.25, -0.2) is 4.79 Å².